The molecular weight excluding hydrogens is 521 g/mol. The van der Waals surface area contributed by atoms with Gasteiger partial charge < -0.3 is 9.64 Å². The Morgan fingerprint density at radius 3 is 2.58 bits per heavy atom. The van der Waals surface area contributed by atoms with Gasteiger partial charge in [-0.25, -0.2) is 15.6 Å². The van der Waals surface area contributed by atoms with Crippen LogP contribution in [0.4, 0.5) is 13.2 Å². The molecule has 1 saturated carbocycles. The average Bonchev–Trinajstić information content (AvgIpc) is 3.47. The lowest BCUT2D eigenvalue weighted by molar-refractivity contribution is -0.167. The third-order valence-corrected chi connectivity index (χ3v) is 10.00. The predicted molar refractivity (Wildman–Crippen MR) is 148 cm³/mol. The summed E-state index contributed by atoms with van der Waals surface area (Å²) < 4.78 is 51.6. The lowest BCUT2D eigenvalue weighted by Crippen LogP contribution is -2.54. The first-order valence-electron chi connectivity index (χ1n) is 14.5. The number of hydrogen-bond donors (Lipinski definition) is 2. The Labute approximate surface area is 233 Å². The van der Waals surface area contributed by atoms with Gasteiger partial charge in [0.15, 0.2) is 0 Å². The Morgan fingerprint density at radius 1 is 1.18 bits per heavy atom. The van der Waals surface area contributed by atoms with E-state index < -0.39 is 11.7 Å². The minimum absolute atomic E-state index is 0.0154. The van der Waals surface area contributed by atoms with Gasteiger partial charge in [0.2, 0.25) is 0 Å². The Balaban J connectivity index is 1.31. The summed E-state index contributed by atoms with van der Waals surface area (Å²) >= 11 is 0. The van der Waals surface area contributed by atoms with Gasteiger partial charge in [0, 0.05) is 29.9 Å². The van der Waals surface area contributed by atoms with Crippen LogP contribution >= 0.6 is 0 Å². The number of nitrogens with one attached hydrogen (secondary N) is 2. The largest absolute Gasteiger partial charge is 0.418 e. The first-order chi connectivity index (χ1) is 19.1. The molecule has 40 heavy (non-hydrogen) atoms. The van der Waals surface area contributed by atoms with Crippen LogP contribution in [0.5, 0.6) is 0 Å². The van der Waals surface area contributed by atoms with Gasteiger partial charge in [-0.1, -0.05) is 12.5 Å². The van der Waals surface area contributed by atoms with Crippen molar-refractivity contribution < 1.29 is 17.9 Å². The molecule has 3 fully saturated rings. The number of hydrazine groups is 1. The minimum Gasteiger partial charge on any atom is -0.380 e. The summed E-state index contributed by atoms with van der Waals surface area (Å²) in [5.41, 5.74) is 6.75. The van der Waals surface area contributed by atoms with Crippen molar-refractivity contribution in [2.75, 3.05) is 41.0 Å². The molecule has 6 rings (SSSR count). The molecule has 4 atom stereocenters. The maximum atomic E-state index is 14.3. The number of alkyl halides is 3. The second kappa shape index (κ2) is 10.6. The smallest absolute Gasteiger partial charge is 0.380 e. The Bertz CT molecular complexity index is 1330. The highest BCUT2D eigenvalue weighted by Crippen LogP contribution is 2.49. The highest BCUT2D eigenvalue weighted by molar-refractivity contribution is 5.70. The maximum Gasteiger partial charge on any atom is 0.418 e. The second-order valence-electron chi connectivity index (χ2n) is 12.7. The van der Waals surface area contributed by atoms with E-state index in [1.165, 1.54) is 16.7 Å². The van der Waals surface area contributed by atoms with Crippen molar-refractivity contribution in [1.82, 2.24) is 29.6 Å². The van der Waals surface area contributed by atoms with E-state index in [0.717, 1.165) is 57.2 Å². The third-order valence-electron chi connectivity index (χ3n) is 10.00. The summed E-state index contributed by atoms with van der Waals surface area (Å²) in [7, 11) is 6.13. The maximum absolute atomic E-state index is 14.3. The number of rotatable bonds is 6. The van der Waals surface area contributed by atoms with E-state index in [4.69, 9.17) is 4.74 Å². The number of halogens is 3. The molecule has 0 radical (unpaired) electrons. The predicted octanol–water partition coefficient (Wildman–Crippen LogP) is 4.08. The van der Waals surface area contributed by atoms with Crippen molar-refractivity contribution in [2.45, 2.75) is 75.8 Å². The van der Waals surface area contributed by atoms with Gasteiger partial charge in [0.1, 0.15) is 0 Å². The molecule has 2 saturated heterocycles. The van der Waals surface area contributed by atoms with Crippen molar-refractivity contribution in [3.63, 3.8) is 0 Å². The van der Waals surface area contributed by atoms with Crippen LogP contribution < -0.4 is 16.5 Å². The van der Waals surface area contributed by atoms with Crippen LogP contribution in [0.15, 0.2) is 29.3 Å². The van der Waals surface area contributed by atoms with E-state index in [1.807, 2.05) is 20.2 Å². The molecule has 0 bridgehead atoms. The van der Waals surface area contributed by atoms with Gasteiger partial charge in [-0.3, -0.25) is 13.9 Å². The van der Waals surface area contributed by atoms with Gasteiger partial charge >= 0.3 is 11.9 Å². The molecule has 0 aromatic carbocycles. The molecule has 2 N–H and O–H groups in total. The van der Waals surface area contributed by atoms with Gasteiger partial charge in [-0.15, -0.1) is 0 Å². The quantitative estimate of drug-likeness (QED) is 0.554. The lowest BCUT2D eigenvalue weighted by Gasteiger charge is -2.51. The normalized spacial score (nSPS) is 29.6. The number of allylic oxidation sites excluding steroid dienone is 1. The molecule has 0 spiro atoms. The highest BCUT2D eigenvalue weighted by atomic mass is 19.4. The number of pyridine rings is 1. The van der Waals surface area contributed by atoms with E-state index in [-0.39, 0.29) is 28.8 Å². The van der Waals surface area contributed by atoms with Crippen molar-refractivity contribution in [2.24, 2.45) is 11.3 Å². The van der Waals surface area contributed by atoms with E-state index in [2.05, 4.69) is 27.7 Å². The molecule has 0 amide bonds. The summed E-state index contributed by atoms with van der Waals surface area (Å²) in [5.74, 6) is 0.348. The molecule has 4 aliphatic rings. The Hall–Kier alpha value is -2.18. The minimum atomic E-state index is -4.56. The molecular formula is C29H41F3N6O2. The fourth-order valence-electron chi connectivity index (χ4n) is 7.38. The third kappa shape index (κ3) is 5.04. The summed E-state index contributed by atoms with van der Waals surface area (Å²) in [6, 6.07) is 1.49. The lowest BCUT2D eigenvalue weighted by atomic mass is 9.64. The molecule has 2 aliphatic heterocycles. The molecule has 220 valence electrons. The zero-order valence-electron chi connectivity index (χ0n) is 23.6. The molecule has 8 nitrogen and oxygen atoms in total. The number of nitrogens with zero attached hydrogens (tertiary/aromatic N) is 4. The molecule has 4 unspecified atom stereocenters. The topological polar surface area (TPSA) is 66.2 Å². The molecule has 2 aromatic heterocycles. The monoisotopic (exact) mass is 562 g/mol. The van der Waals surface area contributed by atoms with E-state index in [0.29, 0.717) is 37.2 Å². The summed E-state index contributed by atoms with van der Waals surface area (Å²) in [6.07, 6.45) is 7.62. The molecule has 2 aromatic rings. The van der Waals surface area contributed by atoms with Crippen molar-refractivity contribution in [3.05, 3.63) is 46.1 Å². The fraction of sp³-hybridized carbons (Fsp3) is 0.690. The second-order valence-corrected chi connectivity index (χ2v) is 12.7. The Kier molecular flexibility index (Phi) is 7.40. The van der Waals surface area contributed by atoms with E-state index in [1.54, 1.807) is 10.8 Å². The number of hydrogen-bond acceptors (Lipinski definition) is 6. The summed E-state index contributed by atoms with van der Waals surface area (Å²) in [6.45, 7) is 2.15. The van der Waals surface area contributed by atoms with Gasteiger partial charge in [-0.05, 0) is 89.2 Å². The summed E-state index contributed by atoms with van der Waals surface area (Å²) in [5, 5.41) is 0. The van der Waals surface area contributed by atoms with Gasteiger partial charge in [0.25, 0.3) is 0 Å². The van der Waals surface area contributed by atoms with Crippen LogP contribution in [0.1, 0.15) is 68.5 Å². The van der Waals surface area contributed by atoms with Gasteiger partial charge in [-0.2, -0.15) is 13.2 Å². The van der Waals surface area contributed by atoms with E-state index >= 15 is 0 Å². The zero-order valence-corrected chi connectivity index (χ0v) is 23.6. The standard InChI is InChI=1S/C29H41F3N6O2/c1-35(2)22-9-7-19(8-10-22)20-11-24(29(30,31)32)25-15-37(27(39)38(25)14-20)23-6-4-5-21(12-23)28(16-40-17-28)13-26-34-33-18-36(26)3/h7,11,14-15,21-23,26,33-34H,4-6,8-10,12-13,16-18H2,1-3H3. The van der Waals surface area contributed by atoms with Crippen LogP contribution in [-0.2, 0) is 10.9 Å². The highest BCUT2D eigenvalue weighted by Gasteiger charge is 2.49. The zero-order chi connectivity index (χ0) is 28.2. The number of fused-ring (bicyclic) bond motifs is 1. The van der Waals surface area contributed by atoms with Crippen molar-refractivity contribution >= 4 is 11.1 Å². The SMILES string of the molecule is CN(C)C1CC=C(c2cc(C(F)(F)F)c3cn(C4CCCC(C5(CC6NNCN6C)COC5)C4)c(=O)n3c2)CC1. The van der Waals surface area contributed by atoms with Crippen molar-refractivity contribution in [1.29, 1.82) is 0 Å². The Morgan fingerprint density at radius 2 is 1.98 bits per heavy atom. The van der Waals surface area contributed by atoms with Crippen LogP contribution in [0.25, 0.3) is 11.1 Å². The van der Waals surface area contributed by atoms with Crippen LogP contribution in [0, 0.1) is 11.3 Å². The van der Waals surface area contributed by atoms with Crippen LogP contribution in [0.2, 0.25) is 0 Å². The first kappa shape index (κ1) is 28.0. The number of aromatic nitrogens is 2. The molecule has 4 heterocycles. The van der Waals surface area contributed by atoms with Crippen LogP contribution in [0.3, 0.4) is 0 Å². The number of imidazole rings is 1. The van der Waals surface area contributed by atoms with E-state index in [9.17, 15) is 18.0 Å². The van der Waals surface area contributed by atoms with Gasteiger partial charge in [0.05, 0.1) is 37.1 Å². The fourth-order valence-corrected chi connectivity index (χ4v) is 7.38. The van der Waals surface area contributed by atoms with Crippen LogP contribution in [-0.4, -0.2) is 72.0 Å². The first-order valence-corrected chi connectivity index (χ1v) is 14.5. The number of ether oxygens (including phenoxy) is 1. The average molecular weight is 563 g/mol. The summed E-state index contributed by atoms with van der Waals surface area (Å²) in [4.78, 5) is 18.1. The molecule has 2 aliphatic carbocycles. The van der Waals surface area contributed by atoms with Crippen molar-refractivity contribution in [3.8, 4) is 0 Å². The molecule has 11 heteroatoms.